The Hall–Kier alpha value is -2.56. The molecular formula is C17H21N3O2. The molecule has 0 unspecified atom stereocenters. The summed E-state index contributed by atoms with van der Waals surface area (Å²) in [7, 11) is 1.63. The van der Waals surface area contributed by atoms with Crippen LogP contribution in [0.3, 0.4) is 0 Å². The summed E-state index contributed by atoms with van der Waals surface area (Å²) in [6, 6.07) is 11.2. The normalized spacial score (nSPS) is 10.1. The largest absolute Gasteiger partial charge is 0.495 e. The highest BCUT2D eigenvalue weighted by Crippen LogP contribution is 2.27. The number of hydrogen-bond donors (Lipinski definition) is 1. The third kappa shape index (κ3) is 3.55. The Balaban J connectivity index is 2.23. The molecule has 0 atom stereocenters. The maximum atomic E-state index is 12.3. The van der Waals surface area contributed by atoms with E-state index < -0.39 is 0 Å². The quantitative estimate of drug-likeness (QED) is 0.889. The molecule has 2 rings (SSSR count). The van der Waals surface area contributed by atoms with Crippen molar-refractivity contribution in [1.82, 2.24) is 9.88 Å². The molecule has 0 aliphatic carbocycles. The van der Waals surface area contributed by atoms with Gasteiger partial charge in [-0.05, 0) is 38.1 Å². The topological polar surface area (TPSA) is 54.5 Å². The summed E-state index contributed by atoms with van der Waals surface area (Å²) in [4.78, 5) is 18.3. The van der Waals surface area contributed by atoms with Gasteiger partial charge >= 0.3 is 0 Å². The Bertz CT molecular complexity index is 639. The fourth-order valence-corrected chi connectivity index (χ4v) is 2.20. The standard InChI is InChI=1S/C17H21N3O2/c1-4-20(5-2)17(21)15-12-13(10-11-18-15)19-14-8-6-7-9-16(14)22-3/h6-12H,4-5H2,1-3H3,(H,18,19). The van der Waals surface area contributed by atoms with Crippen molar-refractivity contribution in [3.63, 3.8) is 0 Å². The lowest BCUT2D eigenvalue weighted by atomic mass is 10.2. The molecule has 5 nitrogen and oxygen atoms in total. The second-order valence-electron chi connectivity index (χ2n) is 4.73. The molecule has 0 spiro atoms. The first-order valence-corrected chi connectivity index (χ1v) is 7.35. The van der Waals surface area contributed by atoms with Crippen molar-refractivity contribution in [3.05, 3.63) is 48.3 Å². The second kappa shape index (κ2) is 7.45. The Morgan fingerprint density at radius 3 is 2.64 bits per heavy atom. The molecule has 116 valence electrons. The van der Waals surface area contributed by atoms with Gasteiger partial charge in [-0.25, -0.2) is 0 Å². The molecule has 1 N–H and O–H groups in total. The number of methoxy groups -OCH3 is 1. The number of para-hydroxylation sites is 2. The first-order chi connectivity index (χ1) is 10.7. The van der Waals surface area contributed by atoms with Crippen LogP contribution in [0.25, 0.3) is 0 Å². The first kappa shape index (κ1) is 15.8. The van der Waals surface area contributed by atoms with Crippen molar-refractivity contribution >= 4 is 17.3 Å². The van der Waals surface area contributed by atoms with E-state index in [0.29, 0.717) is 18.8 Å². The van der Waals surface area contributed by atoms with E-state index in [1.165, 1.54) is 0 Å². The Kier molecular flexibility index (Phi) is 5.36. The van der Waals surface area contributed by atoms with Crippen LogP contribution in [-0.4, -0.2) is 36.0 Å². The van der Waals surface area contributed by atoms with E-state index in [2.05, 4.69) is 10.3 Å². The average Bonchev–Trinajstić information content (AvgIpc) is 2.56. The van der Waals surface area contributed by atoms with Crippen LogP contribution in [0, 0.1) is 0 Å². The summed E-state index contributed by atoms with van der Waals surface area (Å²) in [5.41, 5.74) is 2.08. The van der Waals surface area contributed by atoms with Gasteiger partial charge in [-0.1, -0.05) is 12.1 Å². The number of benzene rings is 1. The molecule has 1 amide bonds. The van der Waals surface area contributed by atoms with Gasteiger partial charge in [0.15, 0.2) is 0 Å². The first-order valence-electron chi connectivity index (χ1n) is 7.35. The molecule has 2 aromatic rings. The van der Waals surface area contributed by atoms with Gasteiger partial charge in [-0.2, -0.15) is 0 Å². The molecule has 0 bridgehead atoms. The number of hydrogen-bond acceptors (Lipinski definition) is 4. The minimum atomic E-state index is -0.0614. The summed E-state index contributed by atoms with van der Waals surface area (Å²) in [5.74, 6) is 0.685. The zero-order chi connectivity index (χ0) is 15.9. The molecule has 0 aliphatic heterocycles. The van der Waals surface area contributed by atoms with Crippen LogP contribution >= 0.6 is 0 Å². The Morgan fingerprint density at radius 1 is 1.23 bits per heavy atom. The number of ether oxygens (including phenoxy) is 1. The van der Waals surface area contributed by atoms with Crippen LogP contribution in [0.1, 0.15) is 24.3 Å². The third-order valence-corrected chi connectivity index (χ3v) is 3.42. The lowest BCUT2D eigenvalue weighted by molar-refractivity contribution is 0.0767. The number of rotatable bonds is 6. The van der Waals surface area contributed by atoms with E-state index in [9.17, 15) is 4.79 Å². The van der Waals surface area contributed by atoms with E-state index in [-0.39, 0.29) is 5.91 Å². The van der Waals surface area contributed by atoms with Gasteiger partial charge in [0.05, 0.1) is 12.8 Å². The monoisotopic (exact) mass is 299 g/mol. The minimum absolute atomic E-state index is 0.0614. The molecule has 5 heteroatoms. The Labute approximate surface area is 130 Å². The van der Waals surface area contributed by atoms with Crippen LogP contribution in [0.15, 0.2) is 42.6 Å². The number of carbonyl (C=O) groups excluding carboxylic acids is 1. The molecule has 1 heterocycles. The number of carbonyl (C=O) groups is 1. The number of nitrogens with one attached hydrogen (secondary N) is 1. The maximum Gasteiger partial charge on any atom is 0.272 e. The lowest BCUT2D eigenvalue weighted by Crippen LogP contribution is -2.31. The predicted octanol–water partition coefficient (Wildman–Crippen LogP) is 3.32. The molecule has 0 saturated heterocycles. The second-order valence-corrected chi connectivity index (χ2v) is 4.73. The van der Waals surface area contributed by atoms with Gasteiger partial charge in [-0.15, -0.1) is 0 Å². The molecule has 22 heavy (non-hydrogen) atoms. The van der Waals surface area contributed by atoms with Gasteiger partial charge in [0.25, 0.3) is 5.91 Å². The highest BCUT2D eigenvalue weighted by Gasteiger charge is 2.14. The van der Waals surface area contributed by atoms with Crippen molar-refractivity contribution in [2.45, 2.75) is 13.8 Å². The fourth-order valence-electron chi connectivity index (χ4n) is 2.20. The van der Waals surface area contributed by atoms with Gasteiger partial charge in [-0.3, -0.25) is 9.78 Å². The van der Waals surface area contributed by atoms with E-state index >= 15 is 0 Å². The predicted molar refractivity (Wildman–Crippen MR) is 87.8 cm³/mol. The summed E-state index contributed by atoms with van der Waals surface area (Å²) >= 11 is 0. The van der Waals surface area contributed by atoms with Crippen molar-refractivity contribution in [2.75, 3.05) is 25.5 Å². The summed E-state index contributed by atoms with van der Waals surface area (Å²) in [6.07, 6.45) is 1.63. The van der Waals surface area contributed by atoms with E-state index in [0.717, 1.165) is 17.1 Å². The molecule has 0 fully saturated rings. The molecule has 0 aliphatic rings. The molecule has 1 aromatic carbocycles. The minimum Gasteiger partial charge on any atom is -0.495 e. The molecular weight excluding hydrogens is 278 g/mol. The zero-order valence-corrected chi connectivity index (χ0v) is 13.2. The van der Waals surface area contributed by atoms with E-state index in [1.807, 2.05) is 44.2 Å². The van der Waals surface area contributed by atoms with Crippen molar-refractivity contribution in [1.29, 1.82) is 0 Å². The SMILES string of the molecule is CCN(CC)C(=O)c1cc(Nc2ccccc2OC)ccn1. The van der Waals surface area contributed by atoms with Gasteiger partial charge in [0.2, 0.25) is 0 Å². The van der Waals surface area contributed by atoms with Crippen molar-refractivity contribution < 1.29 is 9.53 Å². The highest BCUT2D eigenvalue weighted by molar-refractivity contribution is 5.93. The molecule has 1 aromatic heterocycles. The van der Waals surface area contributed by atoms with Crippen LogP contribution in [0.4, 0.5) is 11.4 Å². The number of aromatic nitrogens is 1. The highest BCUT2D eigenvalue weighted by atomic mass is 16.5. The number of amides is 1. The average molecular weight is 299 g/mol. The fraction of sp³-hybridized carbons (Fsp3) is 0.294. The van der Waals surface area contributed by atoms with Crippen LogP contribution in [0.2, 0.25) is 0 Å². The number of anilines is 2. The van der Waals surface area contributed by atoms with Gasteiger partial charge in [0.1, 0.15) is 11.4 Å². The van der Waals surface area contributed by atoms with Gasteiger partial charge in [0, 0.05) is 25.0 Å². The summed E-state index contributed by atoms with van der Waals surface area (Å²) in [6.45, 7) is 5.25. The van der Waals surface area contributed by atoms with Crippen molar-refractivity contribution in [2.24, 2.45) is 0 Å². The van der Waals surface area contributed by atoms with Gasteiger partial charge < -0.3 is 15.0 Å². The van der Waals surface area contributed by atoms with Crippen molar-refractivity contribution in [3.8, 4) is 5.75 Å². The van der Waals surface area contributed by atoms with E-state index in [1.54, 1.807) is 24.3 Å². The summed E-state index contributed by atoms with van der Waals surface area (Å²) in [5, 5.41) is 3.26. The zero-order valence-electron chi connectivity index (χ0n) is 13.2. The number of pyridine rings is 1. The molecule has 0 saturated carbocycles. The molecule has 0 radical (unpaired) electrons. The van der Waals surface area contributed by atoms with Crippen LogP contribution < -0.4 is 10.1 Å². The third-order valence-electron chi connectivity index (χ3n) is 3.42. The number of nitrogens with zero attached hydrogens (tertiary/aromatic N) is 2. The maximum absolute atomic E-state index is 12.3. The Morgan fingerprint density at radius 2 is 1.95 bits per heavy atom. The van der Waals surface area contributed by atoms with Crippen LogP contribution in [0.5, 0.6) is 5.75 Å². The van der Waals surface area contributed by atoms with E-state index in [4.69, 9.17) is 4.74 Å². The smallest absolute Gasteiger partial charge is 0.272 e. The van der Waals surface area contributed by atoms with Crippen LogP contribution in [-0.2, 0) is 0 Å². The lowest BCUT2D eigenvalue weighted by Gasteiger charge is -2.18. The summed E-state index contributed by atoms with van der Waals surface area (Å²) < 4.78 is 5.31.